The summed E-state index contributed by atoms with van der Waals surface area (Å²) in [5.41, 5.74) is 3.90. The largest absolute Gasteiger partial charge is 0.491 e. The number of halogens is 1. The summed E-state index contributed by atoms with van der Waals surface area (Å²) in [6, 6.07) is 27.2. The molecule has 2 nitrogen and oxygen atoms in total. The van der Waals surface area contributed by atoms with Gasteiger partial charge in [-0.25, -0.2) is 0 Å². The Morgan fingerprint density at radius 1 is 0.821 bits per heavy atom. The lowest BCUT2D eigenvalue weighted by Gasteiger charge is -2.19. The maximum absolute atomic E-state index is 5.96. The second kappa shape index (κ2) is 10.3. The third-order valence-corrected chi connectivity index (χ3v) is 4.96. The smallest absolute Gasteiger partial charge is 0.119 e. The molecule has 0 amide bonds. The van der Waals surface area contributed by atoms with E-state index in [1.807, 2.05) is 26.0 Å². The molecule has 3 heteroatoms. The molecule has 0 heterocycles. The van der Waals surface area contributed by atoms with Crippen LogP contribution >= 0.6 is 11.6 Å². The van der Waals surface area contributed by atoms with Gasteiger partial charge in [0.15, 0.2) is 0 Å². The Morgan fingerprint density at radius 2 is 1.46 bits per heavy atom. The quantitative estimate of drug-likeness (QED) is 0.422. The van der Waals surface area contributed by atoms with Gasteiger partial charge in [0, 0.05) is 17.5 Å². The van der Waals surface area contributed by atoms with Gasteiger partial charge in [0.2, 0.25) is 0 Å². The van der Waals surface area contributed by atoms with Crippen molar-refractivity contribution in [1.82, 2.24) is 5.32 Å². The normalized spacial score (nSPS) is 12.1. The van der Waals surface area contributed by atoms with Crippen LogP contribution in [-0.2, 0) is 6.54 Å². The lowest BCUT2D eigenvalue weighted by molar-refractivity contribution is 0.242. The molecule has 1 unspecified atom stereocenters. The molecule has 28 heavy (non-hydrogen) atoms. The molecular weight excluding hydrogens is 366 g/mol. The van der Waals surface area contributed by atoms with E-state index in [9.17, 15) is 0 Å². The van der Waals surface area contributed by atoms with Crippen LogP contribution < -0.4 is 10.1 Å². The van der Waals surface area contributed by atoms with Gasteiger partial charge in [0.05, 0.1) is 6.10 Å². The van der Waals surface area contributed by atoms with Crippen molar-refractivity contribution in [1.29, 1.82) is 0 Å². The topological polar surface area (TPSA) is 21.3 Å². The average Bonchev–Trinajstić information content (AvgIpc) is 2.70. The fourth-order valence-corrected chi connectivity index (χ4v) is 3.47. The Balaban J connectivity index is 1.65. The molecule has 0 fully saturated rings. The van der Waals surface area contributed by atoms with Crippen molar-refractivity contribution in [2.24, 2.45) is 0 Å². The van der Waals surface area contributed by atoms with E-state index in [1.54, 1.807) is 0 Å². The van der Waals surface area contributed by atoms with Gasteiger partial charge < -0.3 is 10.1 Å². The zero-order valence-electron chi connectivity index (χ0n) is 16.6. The molecule has 0 spiro atoms. The van der Waals surface area contributed by atoms with E-state index in [-0.39, 0.29) is 6.10 Å². The first-order valence-corrected chi connectivity index (χ1v) is 10.3. The molecule has 3 rings (SSSR count). The summed E-state index contributed by atoms with van der Waals surface area (Å²) in [7, 11) is 0. The standard InChI is InChI=1S/C25H28ClNO/c1-19(2)28-24-14-10-22(11-15-24)25(21-6-4-3-5-7-21)16-17-27-18-20-8-12-23(26)13-9-20/h3-15,19,25,27H,16-18H2,1-2H3. The van der Waals surface area contributed by atoms with E-state index in [2.05, 4.69) is 72.0 Å². The van der Waals surface area contributed by atoms with Crippen LogP contribution in [0.2, 0.25) is 5.02 Å². The van der Waals surface area contributed by atoms with Gasteiger partial charge in [0.1, 0.15) is 5.75 Å². The monoisotopic (exact) mass is 393 g/mol. The Hall–Kier alpha value is -2.29. The maximum Gasteiger partial charge on any atom is 0.119 e. The predicted molar refractivity (Wildman–Crippen MR) is 118 cm³/mol. The van der Waals surface area contributed by atoms with Crippen LogP contribution in [0.15, 0.2) is 78.9 Å². The Kier molecular flexibility index (Phi) is 7.53. The van der Waals surface area contributed by atoms with E-state index in [4.69, 9.17) is 16.3 Å². The molecule has 146 valence electrons. The molecular formula is C25H28ClNO. The second-order valence-corrected chi connectivity index (χ2v) is 7.73. The summed E-state index contributed by atoms with van der Waals surface area (Å²) in [5.74, 6) is 1.28. The summed E-state index contributed by atoms with van der Waals surface area (Å²) < 4.78 is 5.79. The highest BCUT2D eigenvalue weighted by Gasteiger charge is 2.14. The fraction of sp³-hybridized carbons (Fsp3) is 0.280. The summed E-state index contributed by atoms with van der Waals surface area (Å²) in [6.07, 6.45) is 1.22. The summed E-state index contributed by atoms with van der Waals surface area (Å²) in [5, 5.41) is 4.34. The predicted octanol–water partition coefficient (Wildman–Crippen LogP) is 6.44. The van der Waals surface area contributed by atoms with Crippen molar-refractivity contribution in [3.05, 3.63) is 101 Å². The summed E-state index contributed by atoms with van der Waals surface area (Å²) in [4.78, 5) is 0. The second-order valence-electron chi connectivity index (χ2n) is 7.29. The summed E-state index contributed by atoms with van der Waals surface area (Å²) in [6.45, 7) is 5.88. The summed E-state index contributed by atoms with van der Waals surface area (Å²) >= 11 is 5.96. The number of rotatable bonds is 9. The maximum atomic E-state index is 5.96. The molecule has 0 aliphatic rings. The van der Waals surface area contributed by atoms with Crippen LogP contribution in [0.3, 0.4) is 0 Å². The highest BCUT2D eigenvalue weighted by atomic mass is 35.5. The molecule has 0 saturated carbocycles. The zero-order valence-corrected chi connectivity index (χ0v) is 17.3. The van der Waals surface area contributed by atoms with Crippen LogP contribution in [-0.4, -0.2) is 12.6 Å². The van der Waals surface area contributed by atoms with E-state index < -0.39 is 0 Å². The number of benzene rings is 3. The first kappa shape index (κ1) is 20.4. The van der Waals surface area contributed by atoms with E-state index in [1.165, 1.54) is 16.7 Å². The zero-order chi connectivity index (χ0) is 19.8. The van der Waals surface area contributed by atoms with Gasteiger partial charge in [-0.05, 0) is 67.8 Å². The van der Waals surface area contributed by atoms with Crippen LogP contribution in [0.25, 0.3) is 0 Å². The van der Waals surface area contributed by atoms with Crippen LogP contribution in [0, 0.1) is 0 Å². The Morgan fingerprint density at radius 3 is 2.11 bits per heavy atom. The van der Waals surface area contributed by atoms with Crippen molar-refractivity contribution in [2.45, 2.75) is 38.8 Å². The molecule has 0 bridgehead atoms. The van der Waals surface area contributed by atoms with Gasteiger partial charge in [-0.1, -0.05) is 66.2 Å². The number of hydrogen-bond acceptors (Lipinski definition) is 2. The van der Waals surface area contributed by atoms with Crippen molar-refractivity contribution < 1.29 is 4.74 Å². The molecule has 0 saturated heterocycles. The minimum Gasteiger partial charge on any atom is -0.491 e. The van der Waals surface area contributed by atoms with Gasteiger partial charge in [-0.15, -0.1) is 0 Å². The molecule has 0 aliphatic heterocycles. The van der Waals surface area contributed by atoms with Gasteiger partial charge >= 0.3 is 0 Å². The highest BCUT2D eigenvalue weighted by molar-refractivity contribution is 6.30. The van der Waals surface area contributed by atoms with Gasteiger partial charge in [-0.3, -0.25) is 0 Å². The highest BCUT2D eigenvalue weighted by Crippen LogP contribution is 2.29. The fourth-order valence-electron chi connectivity index (χ4n) is 3.34. The Labute approximate surface area is 173 Å². The lowest BCUT2D eigenvalue weighted by atomic mass is 9.88. The van der Waals surface area contributed by atoms with Gasteiger partial charge in [-0.2, -0.15) is 0 Å². The first-order valence-electron chi connectivity index (χ1n) is 9.88. The number of nitrogens with one attached hydrogen (secondary N) is 1. The number of ether oxygens (including phenoxy) is 1. The third-order valence-electron chi connectivity index (χ3n) is 4.71. The number of hydrogen-bond donors (Lipinski definition) is 1. The third kappa shape index (κ3) is 6.12. The molecule has 3 aromatic rings. The first-order chi connectivity index (χ1) is 13.6. The van der Waals surface area contributed by atoms with Crippen molar-refractivity contribution >= 4 is 11.6 Å². The van der Waals surface area contributed by atoms with Crippen molar-refractivity contribution in [3.8, 4) is 5.75 Å². The Bertz CT molecular complexity index is 829. The van der Waals surface area contributed by atoms with Gasteiger partial charge in [0.25, 0.3) is 0 Å². The average molecular weight is 394 g/mol. The molecule has 0 radical (unpaired) electrons. The van der Waals surface area contributed by atoms with Crippen LogP contribution in [0.5, 0.6) is 5.75 Å². The van der Waals surface area contributed by atoms with E-state index in [0.29, 0.717) is 5.92 Å². The SMILES string of the molecule is CC(C)Oc1ccc(C(CCNCc2ccc(Cl)cc2)c2ccccc2)cc1. The van der Waals surface area contributed by atoms with E-state index in [0.717, 1.165) is 30.3 Å². The lowest BCUT2D eigenvalue weighted by Crippen LogP contribution is -2.17. The molecule has 0 aromatic heterocycles. The molecule has 1 atom stereocenters. The molecule has 3 aromatic carbocycles. The van der Waals surface area contributed by atoms with Crippen LogP contribution in [0.1, 0.15) is 42.9 Å². The minimum atomic E-state index is 0.188. The van der Waals surface area contributed by atoms with Crippen LogP contribution in [0.4, 0.5) is 0 Å². The molecule has 1 N–H and O–H groups in total. The minimum absolute atomic E-state index is 0.188. The van der Waals surface area contributed by atoms with E-state index >= 15 is 0 Å². The van der Waals surface area contributed by atoms with Crippen molar-refractivity contribution in [3.63, 3.8) is 0 Å². The van der Waals surface area contributed by atoms with Crippen molar-refractivity contribution in [2.75, 3.05) is 6.54 Å². The molecule has 0 aliphatic carbocycles.